The second kappa shape index (κ2) is 4.58. The van der Waals surface area contributed by atoms with Gasteiger partial charge in [0.15, 0.2) is 0 Å². The van der Waals surface area contributed by atoms with Crippen LogP contribution in [0.5, 0.6) is 0 Å². The number of rotatable bonds is 1. The van der Waals surface area contributed by atoms with E-state index in [9.17, 15) is 5.11 Å². The predicted octanol–water partition coefficient (Wildman–Crippen LogP) is 3.00. The largest absolute Gasteiger partial charge is 0.388 e. The summed E-state index contributed by atoms with van der Waals surface area (Å²) >= 11 is 7.64. The highest BCUT2D eigenvalue weighted by Crippen LogP contribution is 2.34. The van der Waals surface area contributed by atoms with Crippen LogP contribution >= 0.6 is 22.9 Å². The summed E-state index contributed by atoms with van der Waals surface area (Å²) in [5.74, 6) is 0.847. The minimum atomic E-state index is -0.660. The van der Waals surface area contributed by atoms with Crippen molar-refractivity contribution >= 4 is 39.0 Å². The zero-order chi connectivity index (χ0) is 13.6. The van der Waals surface area contributed by atoms with Crippen molar-refractivity contribution in [2.45, 2.75) is 32.3 Å². The highest BCUT2D eigenvalue weighted by atomic mass is 35.5. The predicted molar refractivity (Wildman–Crippen MR) is 79.2 cm³/mol. The molecule has 0 amide bonds. The second-order valence-corrected chi connectivity index (χ2v) is 6.99. The normalized spacial score (nSPS) is 24.1. The average molecular weight is 298 g/mol. The molecule has 0 aromatic carbocycles. The second-order valence-electron chi connectivity index (χ2n) is 5.41. The first-order valence-electron chi connectivity index (χ1n) is 6.36. The topological polar surface area (TPSA) is 49.2 Å². The number of aromatic nitrogens is 2. The summed E-state index contributed by atoms with van der Waals surface area (Å²) in [6, 6.07) is 2.09. The van der Waals surface area contributed by atoms with Gasteiger partial charge in [0.05, 0.1) is 11.0 Å². The zero-order valence-corrected chi connectivity index (χ0v) is 12.6. The van der Waals surface area contributed by atoms with E-state index in [0.717, 1.165) is 35.4 Å². The maximum Gasteiger partial charge on any atom is 0.225 e. The van der Waals surface area contributed by atoms with Crippen LogP contribution in [0.25, 0.3) is 10.2 Å². The van der Waals surface area contributed by atoms with E-state index in [1.54, 1.807) is 11.3 Å². The van der Waals surface area contributed by atoms with Crippen molar-refractivity contribution in [2.75, 3.05) is 18.0 Å². The van der Waals surface area contributed by atoms with E-state index in [1.807, 2.05) is 6.92 Å². The third kappa shape index (κ3) is 2.55. The quantitative estimate of drug-likeness (QED) is 0.822. The Kier molecular flexibility index (Phi) is 3.15. The molecule has 0 spiro atoms. The van der Waals surface area contributed by atoms with Crippen LogP contribution in [0, 0.1) is 6.92 Å². The molecule has 1 aliphatic heterocycles. The van der Waals surface area contributed by atoms with E-state index < -0.39 is 5.60 Å². The van der Waals surface area contributed by atoms with E-state index in [1.165, 1.54) is 4.88 Å². The highest BCUT2D eigenvalue weighted by molar-refractivity contribution is 7.18. The lowest BCUT2D eigenvalue weighted by Crippen LogP contribution is -2.46. The van der Waals surface area contributed by atoms with Gasteiger partial charge in [-0.2, -0.15) is 4.98 Å². The molecule has 19 heavy (non-hydrogen) atoms. The van der Waals surface area contributed by atoms with Gasteiger partial charge in [-0.05, 0) is 44.4 Å². The molecule has 2 aromatic heterocycles. The summed E-state index contributed by atoms with van der Waals surface area (Å²) in [6.07, 6.45) is 1.79. The lowest BCUT2D eigenvalue weighted by molar-refractivity contribution is 0.0448. The molecular formula is C13H16ClN3OS. The molecule has 4 nitrogen and oxygen atoms in total. The first-order chi connectivity index (χ1) is 8.94. The number of hydrogen-bond donors (Lipinski definition) is 1. The molecule has 1 aliphatic rings. The first kappa shape index (κ1) is 13.1. The van der Waals surface area contributed by atoms with Crippen LogP contribution in [-0.2, 0) is 0 Å². The zero-order valence-electron chi connectivity index (χ0n) is 11.0. The van der Waals surface area contributed by atoms with Crippen molar-refractivity contribution in [3.05, 3.63) is 16.2 Å². The fourth-order valence-corrected chi connectivity index (χ4v) is 3.73. The minimum Gasteiger partial charge on any atom is -0.388 e. The molecular weight excluding hydrogens is 282 g/mol. The van der Waals surface area contributed by atoms with Crippen LogP contribution in [0.15, 0.2) is 6.07 Å². The molecule has 1 atom stereocenters. The number of fused-ring (bicyclic) bond motifs is 1. The Morgan fingerprint density at radius 2 is 2.26 bits per heavy atom. The van der Waals surface area contributed by atoms with Gasteiger partial charge in [-0.15, -0.1) is 11.3 Å². The van der Waals surface area contributed by atoms with Gasteiger partial charge in [0.2, 0.25) is 5.28 Å². The number of β-amino-alcohol motifs (C(OH)–C–C–N with tert-alkyl or cyclic N) is 1. The van der Waals surface area contributed by atoms with Crippen LogP contribution in [0.4, 0.5) is 5.82 Å². The molecule has 0 aliphatic carbocycles. The van der Waals surface area contributed by atoms with E-state index in [2.05, 4.69) is 27.9 Å². The Labute approximate surface area is 121 Å². The molecule has 1 saturated heterocycles. The molecule has 0 saturated carbocycles. The summed E-state index contributed by atoms with van der Waals surface area (Å²) in [4.78, 5) is 12.9. The van der Waals surface area contributed by atoms with Crippen LogP contribution < -0.4 is 4.90 Å². The molecule has 3 rings (SSSR count). The minimum absolute atomic E-state index is 0.273. The summed E-state index contributed by atoms with van der Waals surface area (Å²) in [6.45, 7) is 5.41. The molecule has 0 bridgehead atoms. The van der Waals surface area contributed by atoms with Crippen molar-refractivity contribution in [1.82, 2.24) is 9.97 Å². The third-order valence-electron chi connectivity index (χ3n) is 3.44. The number of aliphatic hydroxyl groups is 1. The van der Waals surface area contributed by atoms with Gasteiger partial charge in [-0.1, -0.05) is 0 Å². The Hall–Kier alpha value is -0.910. The van der Waals surface area contributed by atoms with Gasteiger partial charge < -0.3 is 10.0 Å². The highest BCUT2D eigenvalue weighted by Gasteiger charge is 2.30. The summed E-state index contributed by atoms with van der Waals surface area (Å²) in [7, 11) is 0. The van der Waals surface area contributed by atoms with Crippen LogP contribution in [0.3, 0.4) is 0 Å². The number of thiophene rings is 1. The fourth-order valence-electron chi connectivity index (χ4n) is 2.64. The standard InChI is InChI=1S/C13H16ClN3OS/c1-8-6-9-10(15-12(14)16-11(9)19-8)17-5-3-4-13(2,18)7-17/h6,18H,3-5,7H2,1-2H3. The lowest BCUT2D eigenvalue weighted by atomic mass is 9.95. The van der Waals surface area contributed by atoms with Crippen molar-refractivity contribution < 1.29 is 5.11 Å². The molecule has 6 heteroatoms. The van der Waals surface area contributed by atoms with Gasteiger partial charge in [0, 0.05) is 18.0 Å². The molecule has 3 heterocycles. The maximum atomic E-state index is 10.2. The van der Waals surface area contributed by atoms with E-state index >= 15 is 0 Å². The Morgan fingerprint density at radius 3 is 3.00 bits per heavy atom. The number of piperidine rings is 1. The van der Waals surface area contributed by atoms with Crippen molar-refractivity contribution in [3.63, 3.8) is 0 Å². The van der Waals surface area contributed by atoms with Crippen LogP contribution in [0.2, 0.25) is 5.28 Å². The monoisotopic (exact) mass is 297 g/mol. The molecule has 102 valence electrons. The van der Waals surface area contributed by atoms with Gasteiger partial charge in [0.1, 0.15) is 10.6 Å². The molecule has 0 radical (unpaired) electrons. The Bertz CT molecular complexity index is 626. The third-order valence-corrected chi connectivity index (χ3v) is 4.56. The summed E-state index contributed by atoms with van der Waals surface area (Å²) in [5, 5.41) is 11.5. The smallest absolute Gasteiger partial charge is 0.225 e. The number of hydrogen-bond acceptors (Lipinski definition) is 5. The molecule has 1 N–H and O–H groups in total. The van der Waals surface area contributed by atoms with Crippen molar-refractivity contribution in [3.8, 4) is 0 Å². The van der Waals surface area contributed by atoms with Gasteiger partial charge in [-0.3, -0.25) is 0 Å². The van der Waals surface area contributed by atoms with E-state index in [-0.39, 0.29) is 5.28 Å². The summed E-state index contributed by atoms with van der Waals surface area (Å²) in [5.41, 5.74) is -0.660. The number of nitrogens with zero attached hydrogens (tertiary/aromatic N) is 3. The first-order valence-corrected chi connectivity index (χ1v) is 7.55. The van der Waals surface area contributed by atoms with Gasteiger partial charge in [0.25, 0.3) is 0 Å². The molecule has 1 fully saturated rings. The number of anilines is 1. The number of halogens is 1. The summed E-state index contributed by atoms with van der Waals surface area (Å²) < 4.78 is 0. The lowest BCUT2D eigenvalue weighted by Gasteiger charge is -2.37. The van der Waals surface area contributed by atoms with E-state index in [0.29, 0.717) is 6.54 Å². The van der Waals surface area contributed by atoms with Crippen molar-refractivity contribution in [2.24, 2.45) is 0 Å². The van der Waals surface area contributed by atoms with Gasteiger partial charge in [-0.25, -0.2) is 4.98 Å². The van der Waals surface area contributed by atoms with Gasteiger partial charge >= 0.3 is 0 Å². The Morgan fingerprint density at radius 1 is 1.47 bits per heavy atom. The SMILES string of the molecule is Cc1cc2c(N3CCCC(C)(O)C3)nc(Cl)nc2s1. The van der Waals surface area contributed by atoms with Crippen LogP contribution in [-0.4, -0.2) is 33.8 Å². The molecule has 2 aromatic rings. The fraction of sp³-hybridized carbons (Fsp3) is 0.538. The average Bonchev–Trinajstić information content (AvgIpc) is 2.66. The van der Waals surface area contributed by atoms with E-state index in [4.69, 9.17) is 11.6 Å². The van der Waals surface area contributed by atoms with Crippen molar-refractivity contribution in [1.29, 1.82) is 0 Å². The maximum absolute atomic E-state index is 10.2. The Balaban J connectivity index is 2.08. The number of aryl methyl sites for hydroxylation is 1. The van der Waals surface area contributed by atoms with Crippen LogP contribution in [0.1, 0.15) is 24.6 Å². The molecule has 1 unspecified atom stereocenters.